The molecule has 0 saturated carbocycles. The minimum Gasteiger partial charge on any atom is -0.351 e. The van der Waals surface area contributed by atoms with Crippen molar-refractivity contribution in [3.63, 3.8) is 0 Å². The number of aromatic nitrogens is 2. The summed E-state index contributed by atoms with van der Waals surface area (Å²) < 4.78 is 1.79. The Morgan fingerprint density at radius 3 is 2.76 bits per heavy atom. The van der Waals surface area contributed by atoms with Gasteiger partial charge in [0.05, 0.1) is 12.1 Å². The molecule has 2 aliphatic rings. The number of hydrogen-bond acceptors (Lipinski definition) is 4. The van der Waals surface area contributed by atoms with Crippen LogP contribution in [0, 0.1) is 0 Å². The van der Waals surface area contributed by atoms with Crippen LogP contribution in [0.2, 0.25) is 0 Å². The molecular formula is C16H20N4O. The van der Waals surface area contributed by atoms with Gasteiger partial charge < -0.3 is 5.32 Å². The number of piperidine rings is 1. The van der Waals surface area contributed by atoms with E-state index in [2.05, 4.69) is 22.1 Å². The van der Waals surface area contributed by atoms with Gasteiger partial charge in [-0.3, -0.25) is 9.47 Å². The van der Waals surface area contributed by atoms with Crippen molar-refractivity contribution in [1.82, 2.24) is 14.5 Å². The van der Waals surface area contributed by atoms with Crippen LogP contribution in [-0.2, 0) is 6.54 Å². The van der Waals surface area contributed by atoms with Gasteiger partial charge in [0.2, 0.25) is 0 Å². The average Bonchev–Trinajstić information content (AvgIpc) is 2.88. The molecule has 0 amide bonds. The molecule has 1 aromatic carbocycles. The van der Waals surface area contributed by atoms with E-state index >= 15 is 0 Å². The lowest BCUT2D eigenvalue weighted by atomic mass is 10.1. The molecule has 21 heavy (non-hydrogen) atoms. The summed E-state index contributed by atoms with van der Waals surface area (Å²) in [7, 11) is 0. The number of fused-ring (bicyclic) bond motifs is 3. The summed E-state index contributed by atoms with van der Waals surface area (Å²) in [4.78, 5) is 19.0. The third kappa shape index (κ3) is 1.95. The van der Waals surface area contributed by atoms with Gasteiger partial charge in [0.25, 0.3) is 0 Å². The van der Waals surface area contributed by atoms with Gasteiger partial charge in [0.1, 0.15) is 11.5 Å². The molecule has 0 radical (unpaired) electrons. The van der Waals surface area contributed by atoms with Gasteiger partial charge in [-0.1, -0.05) is 18.6 Å². The second-order valence-corrected chi connectivity index (χ2v) is 6.29. The molecule has 1 N–H and O–H groups in total. The van der Waals surface area contributed by atoms with Crippen LogP contribution in [0.4, 0.5) is 5.82 Å². The zero-order chi connectivity index (χ0) is 14.4. The van der Waals surface area contributed by atoms with E-state index in [1.54, 1.807) is 4.57 Å². The number of likely N-dealkylation sites (tertiary alicyclic amines) is 1. The fourth-order valence-corrected chi connectivity index (χ4v) is 3.63. The zero-order valence-electron chi connectivity index (χ0n) is 12.3. The Bertz CT molecular complexity index is 748. The molecule has 5 nitrogen and oxygen atoms in total. The summed E-state index contributed by atoms with van der Waals surface area (Å²) >= 11 is 0. The molecule has 1 fully saturated rings. The molecule has 3 heterocycles. The molecule has 1 aromatic heterocycles. The standard InChI is InChI=1S/C16H20N4O/c1-16(19-9-5-2-6-10-19)11-20-14(18-16)12-7-3-4-8-13(12)17-15(20)21/h3-4,7-8,18H,2,5-6,9-11H2,1H3. The van der Waals surface area contributed by atoms with Crippen molar-refractivity contribution < 1.29 is 0 Å². The number of hydrogen-bond donors (Lipinski definition) is 1. The Labute approximate surface area is 123 Å². The normalized spacial score (nSPS) is 25.8. The predicted octanol–water partition coefficient (Wildman–Crippen LogP) is 2.02. The highest BCUT2D eigenvalue weighted by Gasteiger charge is 2.39. The van der Waals surface area contributed by atoms with E-state index in [9.17, 15) is 4.79 Å². The van der Waals surface area contributed by atoms with E-state index in [0.717, 1.165) is 29.8 Å². The fraction of sp³-hybridized carbons (Fsp3) is 0.500. The Kier molecular flexibility index (Phi) is 2.79. The number of rotatable bonds is 1. The van der Waals surface area contributed by atoms with Gasteiger partial charge in [0, 0.05) is 18.5 Å². The predicted molar refractivity (Wildman–Crippen MR) is 83.5 cm³/mol. The Balaban J connectivity index is 1.80. The molecule has 1 atom stereocenters. The van der Waals surface area contributed by atoms with Crippen LogP contribution in [0.25, 0.3) is 10.9 Å². The second kappa shape index (κ2) is 4.56. The van der Waals surface area contributed by atoms with Crippen LogP contribution in [0.1, 0.15) is 26.2 Å². The third-order valence-corrected chi connectivity index (χ3v) is 4.78. The first-order chi connectivity index (χ1) is 10.2. The summed E-state index contributed by atoms with van der Waals surface area (Å²) in [6.45, 7) is 5.05. The zero-order valence-corrected chi connectivity index (χ0v) is 12.3. The lowest BCUT2D eigenvalue weighted by Crippen LogP contribution is -2.53. The maximum Gasteiger partial charge on any atom is 0.349 e. The lowest BCUT2D eigenvalue weighted by Gasteiger charge is -2.40. The maximum atomic E-state index is 12.3. The molecule has 2 aliphatic heterocycles. The molecule has 5 heteroatoms. The molecule has 2 aromatic rings. The number of nitrogens with one attached hydrogen (secondary N) is 1. The van der Waals surface area contributed by atoms with Crippen LogP contribution < -0.4 is 11.0 Å². The summed E-state index contributed by atoms with van der Waals surface area (Å²) in [5.41, 5.74) is 0.430. The molecule has 0 aliphatic carbocycles. The highest BCUT2D eigenvalue weighted by atomic mass is 16.1. The Morgan fingerprint density at radius 2 is 1.95 bits per heavy atom. The number of benzene rings is 1. The van der Waals surface area contributed by atoms with Crippen LogP contribution >= 0.6 is 0 Å². The smallest absolute Gasteiger partial charge is 0.349 e. The SMILES string of the molecule is CC1(N2CCCCC2)Cn2c(c3ccccc3nc2=O)N1. The molecule has 0 spiro atoms. The van der Waals surface area contributed by atoms with Gasteiger partial charge in [-0.15, -0.1) is 0 Å². The molecule has 1 saturated heterocycles. The van der Waals surface area contributed by atoms with E-state index in [1.165, 1.54) is 19.3 Å². The van der Waals surface area contributed by atoms with Crippen molar-refractivity contribution in [2.75, 3.05) is 18.4 Å². The largest absolute Gasteiger partial charge is 0.351 e. The highest BCUT2D eigenvalue weighted by molar-refractivity contribution is 5.89. The van der Waals surface area contributed by atoms with Crippen molar-refractivity contribution in [2.45, 2.75) is 38.4 Å². The van der Waals surface area contributed by atoms with E-state index in [4.69, 9.17) is 0 Å². The molecular weight excluding hydrogens is 264 g/mol. The van der Waals surface area contributed by atoms with Crippen LogP contribution in [-0.4, -0.2) is 33.2 Å². The average molecular weight is 284 g/mol. The van der Waals surface area contributed by atoms with Crippen molar-refractivity contribution in [2.24, 2.45) is 0 Å². The van der Waals surface area contributed by atoms with Crippen LogP contribution in [0.15, 0.2) is 29.1 Å². The van der Waals surface area contributed by atoms with E-state index < -0.39 is 0 Å². The van der Waals surface area contributed by atoms with E-state index in [0.29, 0.717) is 6.54 Å². The van der Waals surface area contributed by atoms with Crippen molar-refractivity contribution in [1.29, 1.82) is 0 Å². The first kappa shape index (κ1) is 12.8. The minimum atomic E-state index is -0.182. The highest BCUT2D eigenvalue weighted by Crippen LogP contribution is 2.33. The van der Waals surface area contributed by atoms with Crippen molar-refractivity contribution in [3.05, 3.63) is 34.7 Å². The van der Waals surface area contributed by atoms with Gasteiger partial charge in [-0.2, -0.15) is 4.98 Å². The summed E-state index contributed by atoms with van der Waals surface area (Å²) in [6.07, 6.45) is 3.78. The van der Waals surface area contributed by atoms with Gasteiger partial charge in [-0.05, 0) is 31.9 Å². The van der Waals surface area contributed by atoms with Crippen LogP contribution in [0.5, 0.6) is 0 Å². The Morgan fingerprint density at radius 1 is 1.19 bits per heavy atom. The molecule has 1 unspecified atom stereocenters. The van der Waals surface area contributed by atoms with Gasteiger partial charge >= 0.3 is 5.69 Å². The first-order valence-electron chi connectivity index (χ1n) is 7.70. The topological polar surface area (TPSA) is 50.2 Å². The lowest BCUT2D eigenvalue weighted by molar-refractivity contribution is 0.0983. The van der Waals surface area contributed by atoms with E-state index in [1.807, 2.05) is 24.3 Å². The fourth-order valence-electron chi connectivity index (χ4n) is 3.63. The number of nitrogens with zero attached hydrogens (tertiary/aromatic N) is 3. The molecule has 0 bridgehead atoms. The summed E-state index contributed by atoms with van der Waals surface area (Å²) in [5.74, 6) is 0.915. The second-order valence-electron chi connectivity index (χ2n) is 6.29. The first-order valence-corrected chi connectivity index (χ1v) is 7.70. The summed E-state index contributed by atoms with van der Waals surface area (Å²) in [6, 6.07) is 7.84. The monoisotopic (exact) mass is 284 g/mol. The van der Waals surface area contributed by atoms with Gasteiger partial charge in [0.15, 0.2) is 0 Å². The molecule has 4 rings (SSSR count). The van der Waals surface area contributed by atoms with Gasteiger partial charge in [-0.25, -0.2) is 4.79 Å². The van der Waals surface area contributed by atoms with Crippen molar-refractivity contribution >= 4 is 16.7 Å². The quantitative estimate of drug-likeness (QED) is 0.870. The third-order valence-electron chi connectivity index (χ3n) is 4.78. The van der Waals surface area contributed by atoms with E-state index in [-0.39, 0.29) is 11.4 Å². The Hall–Kier alpha value is -1.88. The minimum absolute atomic E-state index is 0.156. The summed E-state index contributed by atoms with van der Waals surface area (Å²) in [5, 5.41) is 4.64. The molecule has 110 valence electrons. The van der Waals surface area contributed by atoms with Crippen LogP contribution in [0.3, 0.4) is 0 Å². The number of anilines is 1. The van der Waals surface area contributed by atoms with Crippen molar-refractivity contribution in [3.8, 4) is 0 Å². The maximum absolute atomic E-state index is 12.3. The number of para-hydroxylation sites is 1.